The molecule has 1 saturated carbocycles. The quantitative estimate of drug-likeness (QED) is 0.437. The van der Waals surface area contributed by atoms with Gasteiger partial charge in [-0.2, -0.15) is 0 Å². The number of nitrogens with zero attached hydrogens (tertiary/aromatic N) is 1. The van der Waals surface area contributed by atoms with E-state index in [1.165, 1.54) is 30.4 Å². The van der Waals surface area contributed by atoms with Crippen LogP contribution in [0, 0.1) is 12.8 Å². The summed E-state index contributed by atoms with van der Waals surface area (Å²) in [5, 5.41) is 6.79. The second-order valence-corrected chi connectivity index (χ2v) is 6.84. The molecule has 0 atom stereocenters. The minimum absolute atomic E-state index is 0.603. The fourth-order valence-corrected chi connectivity index (χ4v) is 2.41. The second-order valence-electron chi connectivity index (χ2n) is 6.84. The Bertz CT molecular complexity index is 521. The summed E-state index contributed by atoms with van der Waals surface area (Å²) >= 11 is 0. The van der Waals surface area contributed by atoms with E-state index in [0.717, 1.165) is 37.2 Å². The van der Waals surface area contributed by atoms with E-state index in [9.17, 15) is 0 Å². The molecule has 1 aliphatic rings. The standard InChI is InChI=1S/C19H31N3O/c1-14(2)6-5-11-23-18-12-15(3)7-8-16(18)13-21-19(20-4)22-17-9-10-17/h7-8,12,14,17H,5-6,9-11,13H2,1-4H3,(H2,20,21,22). The van der Waals surface area contributed by atoms with Gasteiger partial charge in [-0.15, -0.1) is 0 Å². The Labute approximate surface area is 140 Å². The molecule has 4 nitrogen and oxygen atoms in total. The van der Waals surface area contributed by atoms with Crippen LogP contribution in [0.15, 0.2) is 23.2 Å². The van der Waals surface area contributed by atoms with Crippen LogP contribution < -0.4 is 15.4 Å². The van der Waals surface area contributed by atoms with Crippen LogP contribution in [0.3, 0.4) is 0 Å². The van der Waals surface area contributed by atoms with Crippen LogP contribution in [0.25, 0.3) is 0 Å². The van der Waals surface area contributed by atoms with Gasteiger partial charge < -0.3 is 15.4 Å². The van der Waals surface area contributed by atoms with Crippen molar-refractivity contribution < 1.29 is 4.74 Å². The van der Waals surface area contributed by atoms with Crippen molar-refractivity contribution in [3.63, 3.8) is 0 Å². The third kappa shape index (κ3) is 6.51. The van der Waals surface area contributed by atoms with Gasteiger partial charge in [0, 0.05) is 25.2 Å². The van der Waals surface area contributed by atoms with Crippen LogP contribution in [0.5, 0.6) is 5.75 Å². The number of nitrogens with one attached hydrogen (secondary N) is 2. The van der Waals surface area contributed by atoms with E-state index in [1.807, 2.05) is 7.05 Å². The van der Waals surface area contributed by atoms with E-state index in [-0.39, 0.29) is 0 Å². The zero-order valence-electron chi connectivity index (χ0n) is 15.0. The molecule has 0 amide bonds. The van der Waals surface area contributed by atoms with Crippen LogP contribution in [0.1, 0.15) is 50.7 Å². The van der Waals surface area contributed by atoms with Gasteiger partial charge in [0.15, 0.2) is 5.96 Å². The molecule has 1 fully saturated rings. The average molecular weight is 317 g/mol. The summed E-state index contributed by atoms with van der Waals surface area (Å²) in [7, 11) is 1.82. The fourth-order valence-electron chi connectivity index (χ4n) is 2.41. The Morgan fingerprint density at radius 2 is 2.13 bits per heavy atom. The van der Waals surface area contributed by atoms with E-state index in [1.54, 1.807) is 0 Å². The summed E-state index contributed by atoms with van der Waals surface area (Å²) < 4.78 is 6.03. The largest absolute Gasteiger partial charge is 0.493 e. The van der Waals surface area contributed by atoms with Crippen molar-refractivity contribution in [1.29, 1.82) is 0 Å². The third-order valence-corrected chi connectivity index (χ3v) is 3.99. The zero-order chi connectivity index (χ0) is 16.7. The molecule has 1 aromatic carbocycles. The predicted molar refractivity (Wildman–Crippen MR) is 97.1 cm³/mol. The van der Waals surface area contributed by atoms with Gasteiger partial charge in [0.1, 0.15) is 5.75 Å². The average Bonchev–Trinajstić information content (AvgIpc) is 3.33. The molecule has 2 N–H and O–H groups in total. The molecule has 23 heavy (non-hydrogen) atoms. The molecule has 0 radical (unpaired) electrons. The number of ether oxygens (including phenoxy) is 1. The summed E-state index contributed by atoms with van der Waals surface area (Å²) in [5.74, 6) is 2.59. The van der Waals surface area contributed by atoms with Gasteiger partial charge in [-0.25, -0.2) is 0 Å². The predicted octanol–water partition coefficient (Wildman–Crippen LogP) is 3.64. The first-order valence-corrected chi connectivity index (χ1v) is 8.78. The zero-order valence-corrected chi connectivity index (χ0v) is 15.0. The van der Waals surface area contributed by atoms with Crippen LogP contribution >= 0.6 is 0 Å². The summed E-state index contributed by atoms with van der Waals surface area (Å²) in [6.07, 6.45) is 4.80. The maximum atomic E-state index is 6.03. The molecule has 1 aromatic rings. The van der Waals surface area contributed by atoms with E-state index in [0.29, 0.717) is 6.04 Å². The highest BCUT2D eigenvalue weighted by molar-refractivity contribution is 5.80. The smallest absolute Gasteiger partial charge is 0.191 e. The number of hydrogen-bond acceptors (Lipinski definition) is 2. The molecule has 0 unspecified atom stereocenters. The lowest BCUT2D eigenvalue weighted by atomic mass is 10.1. The van der Waals surface area contributed by atoms with Gasteiger partial charge in [-0.05, 0) is 50.2 Å². The van der Waals surface area contributed by atoms with Crippen molar-refractivity contribution in [2.24, 2.45) is 10.9 Å². The van der Waals surface area contributed by atoms with Gasteiger partial charge in [-0.1, -0.05) is 26.0 Å². The van der Waals surface area contributed by atoms with E-state index < -0.39 is 0 Å². The molecular formula is C19H31N3O. The minimum atomic E-state index is 0.603. The first-order chi connectivity index (χ1) is 11.1. The normalized spacial score (nSPS) is 14.9. The first kappa shape index (κ1) is 17.6. The topological polar surface area (TPSA) is 45.7 Å². The number of rotatable bonds is 8. The SMILES string of the molecule is CN=C(NCc1ccc(C)cc1OCCCC(C)C)NC1CC1. The van der Waals surface area contributed by atoms with E-state index >= 15 is 0 Å². The number of guanidine groups is 1. The molecule has 0 bridgehead atoms. The fraction of sp³-hybridized carbons (Fsp3) is 0.632. The van der Waals surface area contributed by atoms with E-state index in [4.69, 9.17) is 4.74 Å². The van der Waals surface area contributed by atoms with Crippen LogP contribution in [-0.4, -0.2) is 25.7 Å². The summed E-state index contributed by atoms with van der Waals surface area (Å²) in [5.41, 5.74) is 2.41. The Morgan fingerprint density at radius 1 is 1.35 bits per heavy atom. The molecule has 0 aromatic heterocycles. The molecule has 2 rings (SSSR count). The van der Waals surface area contributed by atoms with E-state index in [2.05, 4.69) is 54.6 Å². The number of benzene rings is 1. The van der Waals surface area contributed by atoms with Crippen molar-refractivity contribution in [3.05, 3.63) is 29.3 Å². The highest BCUT2D eigenvalue weighted by Gasteiger charge is 2.22. The second kappa shape index (κ2) is 8.80. The third-order valence-electron chi connectivity index (χ3n) is 3.99. The molecule has 0 saturated heterocycles. The van der Waals surface area contributed by atoms with Crippen molar-refractivity contribution >= 4 is 5.96 Å². The lowest BCUT2D eigenvalue weighted by Crippen LogP contribution is -2.38. The monoisotopic (exact) mass is 317 g/mol. The molecule has 1 aliphatic carbocycles. The molecule has 0 heterocycles. The van der Waals surface area contributed by atoms with Gasteiger partial charge in [-0.3, -0.25) is 4.99 Å². The number of hydrogen-bond donors (Lipinski definition) is 2. The Balaban J connectivity index is 1.88. The van der Waals surface area contributed by atoms with Gasteiger partial charge in [0.25, 0.3) is 0 Å². The summed E-state index contributed by atoms with van der Waals surface area (Å²) in [6.45, 7) is 8.11. The maximum Gasteiger partial charge on any atom is 0.191 e. The van der Waals surface area contributed by atoms with Crippen LogP contribution in [-0.2, 0) is 6.54 Å². The van der Waals surface area contributed by atoms with Gasteiger partial charge in [0.2, 0.25) is 0 Å². The van der Waals surface area contributed by atoms with Crippen LogP contribution in [0.4, 0.5) is 0 Å². The van der Waals surface area contributed by atoms with Crippen molar-refractivity contribution in [2.45, 2.75) is 59.0 Å². The molecule has 0 spiro atoms. The van der Waals surface area contributed by atoms with Crippen molar-refractivity contribution in [3.8, 4) is 5.75 Å². The van der Waals surface area contributed by atoms with Gasteiger partial charge >= 0.3 is 0 Å². The maximum absolute atomic E-state index is 6.03. The highest BCUT2D eigenvalue weighted by Crippen LogP contribution is 2.21. The van der Waals surface area contributed by atoms with Crippen molar-refractivity contribution in [2.75, 3.05) is 13.7 Å². The lowest BCUT2D eigenvalue weighted by Gasteiger charge is -2.15. The van der Waals surface area contributed by atoms with Gasteiger partial charge in [0.05, 0.1) is 6.61 Å². The Hall–Kier alpha value is -1.71. The first-order valence-electron chi connectivity index (χ1n) is 8.78. The molecule has 0 aliphatic heterocycles. The summed E-state index contributed by atoms with van der Waals surface area (Å²) in [6, 6.07) is 7.01. The molecular weight excluding hydrogens is 286 g/mol. The Morgan fingerprint density at radius 3 is 2.78 bits per heavy atom. The summed E-state index contributed by atoms with van der Waals surface area (Å²) in [4.78, 5) is 4.28. The molecule has 128 valence electrons. The highest BCUT2D eigenvalue weighted by atomic mass is 16.5. The number of aliphatic imine (C=N–C) groups is 1. The van der Waals surface area contributed by atoms with Crippen molar-refractivity contribution in [1.82, 2.24) is 10.6 Å². The molecule has 4 heteroatoms. The van der Waals surface area contributed by atoms with Crippen LogP contribution in [0.2, 0.25) is 0 Å². The Kier molecular flexibility index (Phi) is 6.75. The number of aryl methyl sites for hydroxylation is 1. The lowest BCUT2D eigenvalue weighted by molar-refractivity contribution is 0.294. The minimum Gasteiger partial charge on any atom is -0.493 e.